The van der Waals surface area contributed by atoms with Crippen LogP contribution >= 0.6 is 27.5 Å². The van der Waals surface area contributed by atoms with Crippen LogP contribution in [-0.2, 0) is 6.42 Å². The Morgan fingerprint density at radius 2 is 2.00 bits per heavy atom. The van der Waals surface area contributed by atoms with Gasteiger partial charge in [0, 0.05) is 15.9 Å². The van der Waals surface area contributed by atoms with Gasteiger partial charge in [0.2, 0.25) is 0 Å². The van der Waals surface area contributed by atoms with Gasteiger partial charge in [-0.1, -0.05) is 39.7 Å². The number of halogens is 3. The number of hydrogen-bond donors (Lipinski definition) is 1. The molecule has 2 aromatic rings. The lowest BCUT2D eigenvalue weighted by molar-refractivity contribution is 0.178. The van der Waals surface area contributed by atoms with Crippen molar-refractivity contribution in [2.75, 3.05) is 0 Å². The van der Waals surface area contributed by atoms with Crippen LogP contribution in [0.1, 0.15) is 22.8 Å². The fourth-order valence-corrected chi connectivity index (χ4v) is 2.44. The highest BCUT2D eigenvalue weighted by atomic mass is 79.9. The van der Waals surface area contributed by atoms with Crippen LogP contribution in [0.25, 0.3) is 0 Å². The van der Waals surface area contributed by atoms with Gasteiger partial charge in [-0.15, -0.1) is 0 Å². The van der Waals surface area contributed by atoms with Crippen LogP contribution in [0.5, 0.6) is 0 Å². The lowest BCUT2D eigenvalue weighted by Gasteiger charge is -2.13. The van der Waals surface area contributed by atoms with Crippen molar-refractivity contribution in [1.29, 1.82) is 0 Å². The smallest absolute Gasteiger partial charge is 0.123 e. The molecule has 0 aliphatic carbocycles. The number of aryl methyl sites for hydroxylation is 1. The molecule has 0 radical (unpaired) electrons. The van der Waals surface area contributed by atoms with Crippen molar-refractivity contribution in [2.45, 2.75) is 19.4 Å². The molecule has 0 aromatic heterocycles. The third-order valence-corrected chi connectivity index (χ3v) is 4.18. The summed E-state index contributed by atoms with van der Waals surface area (Å²) < 4.78 is 14.0. The van der Waals surface area contributed by atoms with Gasteiger partial charge in [0.25, 0.3) is 0 Å². The van der Waals surface area contributed by atoms with E-state index in [9.17, 15) is 9.50 Å². The Kier molecular flexibility index (Phi) is 4.61. The van der Waals surface area contributed by atoms with Crippen LogP contribution in [0.2, 0.25) is 5.02 Å². The van der Waals surface area contributed by atoms with E-state index in [0.717, 1.165) is 21.2 Å². The Labute approximate surface area is 125 Å². The molecule has 1 nitrogen and oxygen atoms in total. The molecule has 19 heavy (non-hydrogen) atoms. The molecule has 0 aliphatic heterocycles. The molecule has 0 saturated carbocycles. The number of aliphatic hydroxyl groups excluding tert-OH is 1. The summed E-state index contributed by atoms with van der Waals surface area (Å²) in [6.45, 7) is 1.90. The van der Waals surface area contributed by atoms with E-state index in [2.05, 4.69) is 15.9 Å². The summed E-state index contributed by atoms with van der Waals surface area (Å²) in [5, 5.41) is 10.8. The van der Waals surface area contributed by atoms with E-state index in [1.54, 1.807) is 12.1 Å². The summed E-state index contributed by atoms with van der Waals surface area (Å²) in [5.74, 6) is -0.313. The maximum atomic E-state index is 13.2. The molecule has 0 amide bonds. The monoisotopic (exact) mass is 342 g/mol. The van der Waals surface area contributed by atoms with Crippen molar-refractivity contribution >= 4 is 27.5 Å². The standard InChI is InChI=1S/C15H13BrClFO/c1-9-2-3-10(7-14(9)17)15(19)8-11-6-12(18)4-5-13(11)16/h2-7,15,19H,8H2,1H3. The molecule has 2 aromatic carbocycles. The van der Waals surface area contributed by atoms with Crippen LogP contribution in [0.15, 0.2) is 40.9 Å². The van der Waals surface area contributed by atoms with Crippen LogP contribution in [0, 0.1) is 12.7 Å². The zero-order valence-electron chi connectivity index (χ0n) is 10.3. The summed E-state index contributed by atoms with van der Waals surface area (Å²) >= 11 is 9.39. The van der Waals surface area contributed by atoms with Crippen LogP contribution < -0.4 is 0 Å². The van der Waals surface area contributed by atoms with Gasteiger partial charge in [-0.05, 0) is 47.9 Å². The van der Waals surface area contributed by atoms with Crippen molar-refractivity contribution < 1.29 is 9.50 Å². The van der Waals surface area contributed by atoms with Gasteiger partial charge in [0.05, 0.1) is 6.10 Å². The lowest BCUT2D eigenvalue weighted by Crippen LogP contribution is -2.03. The Bertz CT molecular complexity index is 601. The van der Waals surface area contributed by atoms with Gasteiger partial charge in [-0.2, -0.15) is 0 Å². The fraction of sp³-hybridized carbons (Fsp3) is 0.200. The van der Waals surface area contributed by atoms with Gasteiger partial charge < -0.3 is 5.11 Å². The molecule has 1 unspecified atom stereocenters. The molecule has 1 N–H and O–H groups in total. The number of rotatable bonds is 3. The third kappa shape index (κ3) is 3.56. The topological polar surface area (TPSA) is 20.2 Å². The Hall–Kier alpha value is -0.900. The molecule has 4 heteroatoms. The van der Waals surface area contributed by atoms with Gasteiger partial charge in [-0.3, -0.25) is 0 Å². The molecule has 0 saturated heterocycles. The normalized spacial score (nSPS) is 12.5. The molecule has 1 atom stereocenters. The molecule has 0 aliphatic rings. The Morgan fingerprint density at radius 3 is 2.68 bits per heavy atom. The third-order valence-electron chi connectivity index (χ3n) is 3.00. The lowest BCUT2D eigenvalue weighted by atomic mass is 10.0. The van der Waals surface area contributed by atoms with Crippen molar-refractivity contribution in [3.63, 3.8) is 0 Å². The highest BCUT2D eigenvalue weighted by Gasteiger charge is 2.12. The maximum Gasteiger partial charge on any atom is 0.123 e. The first kappa shape index (κ1) is 14.5. The zero-order chi connectivity index (χ0) is 14.0. The minimum Gasteiger partial charge on any atom is -0.388 e. The minimum atomic E-state index is -0.712. The molecule has 0 fully saturated rings. The van der Waals surface area contributed by atoms with E-state index in [1.807, 2.05) is 19.1 Å². The molecule has 100 valence electrons. The van der Waals surface area contributed by atoms with Crippen LogP contribution in [-0.4, -0.2) is 5.11 Å². The van der Waals surface area contributed by atoms with Crippen molar-refractivity contribution in [1.82, 2.24) is 0 Å². The molecular formula is C15H13BrClFO. The zero-order valence-corrected chi connectivity index (χ0v) is 12.7. The minimum absolute atomic E-state index is 0.313. The summed E-state index contributed by atoms with van der Waals surface area (Å²) in [6.07, 6.45) is -0.381. The summed E-state index contributed by atoms with van der Waals surface area (Å²) in [4.78, 5) is 0. The predicted octanol–water partition coefficient (Wildman–Crippen LogP) is 4.83. The second kappa shape index (κ2) is 6.04. The molecular weight excluding hydrogens is 331 g/mol. The van der Waals surface area contributed by atoms with Crippen molar-refractivity contribution in [3.8, 4) is 0 Å². The van der Waals surface area contributed by atoms with E-state index < -0.39 is 6.10 Å². The highest BCUT2D eigenvalue weighted by molar-refractivity contribution is 9.10. The van der Waals surface area contributed by atoms with E-state index >= 15 is 0 Å². The summed E-state index contributed by atoms with van der Waals surface area (Å²) in [5.41, 5.74) is 2.42. The molecule has 2 rings (SSSR count). The summed E-state index contributed by atoms with van der Waals surface area (Å²) in [6, 6.07) is 9.88. The van der Waals surface area contributed by atoms with Gasteiger partial charge >= 0.3 is 0 Å². The molecule has 0 heterocycles. The number of benzene rings is 2. The molecule has 0 bridgehead atoms. The SMILES string of the molecule is Cc1ccc(C(O)Cc2cc(F)ccc2Br)cc1Cl. The van der Waals surface area contributed by atoms with Crippen LogP contribution in [0.4, 0.5) is 4.39 Å². The second-order valence-electron chi connectivity index (χ2n) is 4.46. The first-order valence-corrected chi connectivity index (χ1v) is 7.02. The predicted molar refractivity (Wildman–Crippen MR) is 79.0 cm³/mol. The van der Waals surface area contributed by atoms with Gasteiger partial charge in [0.15, 0.2) is 0 Å². The number of hydrogen-bond acceptors (Lipinski definition) is 1. The second-order valence-corrected chi connectivity index (χ2v) is 5.73. The highest BCUT2D eigenvalue weighted by Crippen LogP contribution is 2.27. The van der Waals surface area contributed by atoms with Gasteiger partial charge in [-0.25, -0.2) is 4.39 Å². The number of aliphatic hydroxyl groups is 1. The Morgan fingerprint density at radius 1 is 1.26 bits per heavy atom. The Balaban J connectivity index is 2.22. The van der Waals surface area contributed by atoms with Gasteiger partial charge in [0.1, 0.15) is 5.82 Å². The maximum absolute atomic E-state index is 13.2. The first-order chi connectivity index (χ1) is 8.97. The van der Waals surface area contributed by atoms with E-state index in [0.29, 0.717) is 11.4 Å². The summed E-state index contributed by atoms with van der Waals surface area (Å²) in [7, 11) is 0. The largest absolute Gasteiger partial charge is 0.388 e. The van der Waals surface area contributed by atoms with Crippen LogP contribution in [0.3, 0.4) is 0 Å². The van der Waals surface area contributed by atoms with E-state index in [-0.39, 0.29) is 5.82 Å². The van der Waals surface area contributed by atoms with Crippen molar-refractivity contribution in [3.05, 3.63) is 68.4 Å². The first-order valence-electron chi connectivity index (χ1n) is 5.85. The fourth-order valence-electron chi connectivity index (χ4n) is 1.84. The van der Waals surface area contributed by atoms with Crippen molar-refractivity contribution in [2.24, 2.45) is 0 Å². The van der Waals surface area contributed by atoms with E-state index in [1.165, 1.54) is 12.1 Å². The van der Waals surface area contributed by atoms with E-state index in [4.69, 9.17) is 11.6 Å². The molecule has 0 spiro atoms. The quantitative estimate of drug-likeness (QED) is 0.846. The average Bonchev–Trinajstić information content (AvgIpc) is 2.37. The average molecular weight is 344 g/mol.